The van der Waals surface area contributed by atoms with Crippen LogP contribution in [0, 0.1) is 6.92 Å². The Morgan fingerprint density at radius 1 is 1.36 bits per heavy atom. The van der Waals surface area contributed by atoms with Gasteiger partial charge in [0, 0.05) is 23.9 Å². The van der Waals surface area contributed by atoms with Crippen LogP contribution in [-0.2, 0) is 6.42 Å². The number of phenols is 2. The lowest BCUT2D eigenvalue weighted by atomic mass is 9.97. The summed E-state index contributed by atoms with van der Waals surface area (Å²) in [7, 11) is 0. The van der Waals surface area contributed by atoms with Crippen molar-refractivity contribution in [2.45, 2.75) is 13.3 Å². The fourth-order valence-corrected chi connectivity index (χ4v) is 1.93. The second-order valence-electron chi connectivity index (χ2n) is 3.31. The van der Waals surface area contributed by atoms with Gasteiger partial charge in [0.2, 0.25) is 0 Å². The molecule has 0 saturated heterocycles. The fraction of sp³-hybridized carbons (Fsp3) is 0.300. The van der Waals surface area contributed by atoms with Crippen LogP contribution in [0.3, 0.4) is 0 Å². The third kappa shape index (κ3) is 1.16. The van der Waals surface area contributed by atoms with Gasteiger partial charge in [-0.2, -0.15) is 0 Å². The van der Waals surface area contributed by atoms with Crippen molar-refractivity contribution in [1.29, 1.82) is 0 Å². The van der Waals surface area contributed by atoms with Crippen molar-refractivity contribution in [3.63, 3.8) is 0 Å². The van der Waals surface area contributed by atoms with Gasteiger partial charge in [0.15, 0.2) is 11.5 Å². The molecule has 0 aliphatic carbocycles. The van der Waals surface area contributed by atoms with E-state index in [1.54, 1.807) is 13.1 Å². The van der Waals surface area contributed by atoms with Crippen molar-refractivity contribution in [3.8, 4) is 11.5 Å². The van der Waals surface area contributed by atoms with Crippen LogP contribution in [0.15, 0.2) is 4.99 Å². The molecule has 0 amide bonds. The van der Waals surface area contributed by atoms with Crippen molar-refractivity contribution in [2.24, 2.45) is 4.99 Å². The number of nitrogens with zero attached hydrogens (tertiary/aromatic N) is 1. The first-order valence-corrected chi connectivity index (χ1v) is 4.73. The zero-order chi connectivity index (χ0) is 10.3. The molecule has 1 aliphatic rings. The molecule has 0 bridgehead atoms. The minimum absolute atomic E-state index is 0.151. The molecule has 0 atom stereocenters. The van der Waals surface area contributed by atoms with Crippen LogP contribution < -0.4 is 0 Å². The molecular weight excluding hydrogens is 202 g/mol. The van der Waals surface area contributed by atoms with Crippen molar-refractivity contribution < 1.29 is 10.2 Å². The molecule has 0 saturated carbocycles. The maximum absolute atomic E-state index is 9.55. The summed E-state index contributed by atoms with van der Waals surface area (Å²) in [5.41, 5.74) is 2.33. The van der Waals surface area contributed by atoms with Gasteiger partial charge in [0.05, 0.1) is 5.02 Å². The van der Waals surface area contributed by atoms with Crippen molar-refractivity contribution in [2.75, 3.05) is 6.54 Å². The molecule has 4 heteroatoms. The van der Waals surface area contributed by atoms with Crippen molar-refractivity contribution >= 4 is 17.8 Å². The number of aliphatic imine (C=N–C) groups is 1. The Balaban J connectivity index is 2.79. The zero-order valence-corrected chi connectivity index (χ0v) is 8.47. The van der Waals surface area contributed by atoms with Crippen LogP contribution in [0.25, 0.3) is 0 Å². The summed E-state index contributed by atoms with van der Waals surface area (Å²) in [5.74, 6) is -0.375. The first-order valence-electron chi connectivity index (χ1n) is 4.35. The Morgan fingerprint density at radius 2 is 2.07 bits per heavy atom. The minimum Gasteiger partial charge on any atom is -0.504 e. The second kappa shape index (κ2) is 3.17. The molecular formula is C10H10ClNO2. The lowest BCUT2D eigenvalue weighted by Gasteiger charge is -2.16. The number of benzene rings is 1. The molecule has 1 aromatic carbocycles. The second-order valence-corrected chi connectivity index (χ2v) is 3.69. The van der Waals surface area contributed by atoms with Gasteiger partial charge in [0.25, 0.3) is 0 Å². The van der Waals surface area contributed by atoms with Gasteiger partial charge in [-0.1, -0.05) is 11.6 Å². The topological polar surface area (TPSA) is 52.8 Å². The van der Waals surface area contributed by atoms with Crippen molar-refractivity contribution in [3.05, 3.63) is 21.7 Å². The molecule has 2 rings (SSSR count). The molecule has 14 heavy (non-hydrogen) atoms. The van der Waals surface area contributed by atoms with Crippen molar-refractivity contribution in [1.82, 2.24) is 0 Å². The van der Waals surface area contributed by atoms with E-state index in [1.807, 2.05) is 0 Å². The number of aromatic hydroxyl groups is 2. The van der Waals surface area contributed by atoms with E-state index in [0.717, 1.165) is 11.1 Å². The summed E-state index contributed by atoms with van der Waals surface area (Å²) in [6.45, 7) is 2.41. The Morgan fingerprint density at radius 3 is 2.79 bits per heavy atom. The third-order valence-corrected chi connectivity index (χ3v) is 2.90. The third-order valence-electron chi connectivity index (χ3n) is 2.49. The predicted molar refractivity (Wildman–Crippen MR) is 55.7 cm³/mol. The highest BCUT2D eigenvalue weighted by Gasteiger charge is 2.20. The number of rotatable bonds is 0. The van der Waals surface area contributed by atoms with E-state index in [2.05, 4.69) is 4.99 Å². The lowest BCUT2D eigenvalue weighted by Crippen LogP contribution is -2.06. The van der Waals surface area contributed by atoms with Crippen LogP contribution in [0.1, 0.15) is 16.7 Å². The quantitative estimate of drug-likeness (QED) is 0.646. The smallest absolute Gasteiger partial charge is 0.177 e. The summed E-state index contributed by atoms with van der Waals surface area (Å²) in [4.78, 5) is 4.11. The number of phenolic OH excluding ortho intramolecular Hbond substituents is 2. The number of hydrogen-bond acceptors (Lipinski definition) is 3. The standard InChI is InChI=1S/C10H10ClNO2/c1-5-7-4-12-3-2-6(7)8(11)10(14)9(5)13/h4,13-14H,2-3H2,1H3. The normalized spacial score (nSPS) is 14.1. The maximum Gasteiger partial charge on any atom is 0.177 e. The monoisotopic (exact) mass is 211 g/mol. The largest absolute Gasteiger partial charge is 0.504 e. The van der Waals surface area contributed by atoms with Crippen LogP contribution in [0.2, 0.25) is 5.02 Å². The molecule has 1 aliphatic heterocycles. The lowest BCUT2D eigenvalue weighted by molar-refractivity contribution is 0.400. The predicted octanol–water partition coefficient (Wildman–Crippen LogP) is 2.03. The molecule has 0 unspecified atom stereocenters. The van der Waals surface area contributed by atoms with Gasteiger partial charge in [-0.15, -0.1) is 0 Å². The molecule has 3 nitrogen and oxygen atoms in total. The first kappa shape index (κ1) is 9.34. The molecule has 0 aromatic heterocycles. The summed E-state index contributed by atoms with van der Waals surface area (Å²) in [6.07, 6.45) is 2.40. The molecule has 1 heterocycles. The summed E-state index contributed by atoms with van der Waals surface area (Å²) in [6, 6.07) is 0. The Kier molecular flexibility index (Phi) is 2.11. The Labute approximate surface area is 86.7 Å². The summed E-state index contributed by atoms with van der Waals surface area (Å²) >= 11 is 5.92. The van der Waals surface area contributed by atoms with Gasteiger partial charge < -0.3 is 10.2 Å². The molecule has 74 valence electrons. The van der Waals surface area contributed by atoms with E-state index in [-0.39, 0.29) is 16.5 Å². The zero-order valence-electron chi connectivity index (χ0n) is 7.71. The minimum atomic E-state index is -0.224. The van der Waals surface area contributed by atoms with Gasteiger partial charge in [-0.05, 0) is 18.9 Å². The Bertz CT molecular complexity index is 427. The van der Waals surface area contributed by atoms with Gasteiger partial charge in [-0.25, -0.2) is 0 Å². The van der Waals surface area contributed by atoms with E-state index in [0.29, 0.717) is 18.5 Å². The summed E-state index contributed by atoms with van der Waals surface area (Å²) < 4.78 is 0. The average Bonchev–Trinajstić information content (AvgIpc) is 2.23. The van der Waals surface area contributed by atoms with Crippen LogP contribution >= 0.6 is 11.6 Å². The molecule has 2 N–H and O–H groups in total. The van der Waals surface area contributed by atoms with E-state index in [4.69, 9.17) is 11.6 Å². The van der Waals surface area contributed by atoms with Gasteiger partial charge >= 0.3 is 0 Å². The number of halogens is 1. The highest BCUT2D eigenvalue weighted by Crippen LogP contribution is 2.41. The van der Waals surface area contributed by atoms with Gasteiger partial charge in [0.1, 0.15) is 0 Å². The first-order chi connectivity index (χ1) is 6.63. The van der Waals surface area contributed by atoms with Crippen LogP contribution in [-0.4, -0.2) is 23.0 Å². The molecule has 0 radical (unpaired) electrons. The van der Waals surface area contributed by atoms with E-state index < -0.39 is 0 Å². The van der Waals surface area contributed by atoms with Crippen LogP contribution in [0.5, 0.6) is 11.5 Å². The Hall–Kier alpha value is -1.22. The fourth-order valence-electron chi connectivity index (χ4n) is 1.65. The van der Waals surface area contributed by atoms with E-state index in [9.17, 15) is 10.2 Å². The molecule has 0 fully saturated rings. The van der Waals surface area contributed by atoms with E-state index >= 15 is 0 Å². The average molecular weight is 212 g/mol. The SMILES string of the molecule is Cc1c(O)c(O)c(Cl)c2c1C=NCC2. The highest BCUT2D eigenvalue weighted by molar-refractivity contribution is 6.33. The summed E-state index contributed by atoms with van der Waals surface area (Å²) in [5, 5.41) is 19.3. The van der Waals surface area contributed by atoms with Gasteiger partial charge in [-0.3, -0.25) is 4.99 Å². The molecule has 1 aromatic rings. The highest BCUT2D eigenvalue weighted by atomic mass is 35.5. The van der Waals surface area contributed by atoms with E-state index in [1.165, 1.54) is 0 Å². The van der Waals surface area contributed by atoms with Crippen LogP contribution in [0.4, 0.5) is 0 Å². The number of hydrogen-bond donors (Lipinski definition) is 2. The number of fused-ring (bicyclic) bond motifs is 1. The molecule has 0 spiro atoms. The maximum atomic E-state index is 9.55.